The number of benzene rings is 2. The largest absolute Gasteiger partial charge is 0.486 e. The van der Waals surface area contributed by atoms with E-state index in [-0.39, 0.29) is 30.9 Å². The van der Waals surface area contributed by atoms with Crippen molar-refractivity contribution < 1.29 is 23.0 Å². The second kappa shape index (κ2) is 8.63. The average Bonchev–Trinajstić information content (AvgIpc) is 3.57. The van der Waals surface area contributed by atoms with E-state index in [0.717, 1.165) is 16.9 Å². The van der Waals surface area contributed by atoms with Crippen LogP contribution in [0.2, 0.25) is 0 Å². The van der Waals surface area contributed by atoms with Crippen LogP contribution in [0, 0.1) is 25.2 Å². The molecule has 0 saturated heterocycles. The molecule has 0 bridgehead atoms. The summed E-state index contributed by atoms with van der Waals surface area (Å²) in [5.41, 5.74) is 3.47. The zero-order chi connectivity index (χ0) is 22.8. The number of aromatic nitrogens is 1. The van der Waals surface area contributed by atoms with Crippen molar-refractivity contribution in [3.05, 3.63) is 76.7 Å². The minimum Gasteiger partial charge on any atom is -0.486 e. The Bertz CT molecular complexity index is 1350. The molecule has 0 saturated carbocycles. The lowest BCUT2D eigenvalue weighted by atomic mass is 10.1. The molecule has 2 aromatic heterocycles. The van der Waals surface area contributed by atoms with Crippen LogP contribution in [0.5, 0.6) is 17.2 Å². The number of fused-ring (bicyclic) bond motifs is 1. The molecule has 1 N–H and O–H groups in total. The van der Waals surface area contributed by atoms with E-state index in [2.05, 4.69) is 17.2 Å². The zero-order valence-corrected chi connectivity index (χ0v) is 18.2. The van der Waals surface area contributed by atoms with Crippen molar-refractivity contribution in [1.29, 1.82) is 5.26 Å². The SMILES string of the molecule is Cc1ccc(OCc2ccc(-c3nc(C#N)c(NCc4ccc5c(c4)OCO5)o3)o2)cc1C. The van der Waals surface area contributed by atoms with Crippen LogP contribution in [-0.4, -0.2) is 11.8 Å². The van der Waals surface area contributed by atoms with Gasteiger partial charge in [0.2, 0.25) is 18.4 Å². The number of oxazole rings is 1. The number of ether oxygens (including phenoxy) is 3. The maximum Gasteiger partial charge on any atom is 0.266 e. The molecule has 2 aromatic carbocycles. The van der Waals surface area contributed by atoms with Gasteiger partial charge in [0.25, 0.3) is 5.89 Å². The summed E-state index contributed by atoms with van der Waals surface area (Å²) in [5, 5.41) is 12.6. The molecule has 1 aliphatic heterocycles. The van der Waals surface area contributed by atoms with E-state index in [1.807, 2.05) is 49.4 Å². The fourth-order valence-electron chi connectivity index (χ4n) is 3.38. The molecule has 8 heteroatoms. The van der Waals surface area contributed by atoms with Gasteiger partial charge in [-0.15, -0.1) is 0 Å². The van der Waals surface area contributed by atoms with Crippen molar-refractivity contribution in [2.24, 2.45) is 0 Å². The number of hydrogen-bond donors (Lipinski definition) is 1. The van der Waals surface area contributed by atoms with E-state index in [1.165, 1.54) is 5.56 Å². The smallest absolute Gasteiger partial charge is 0.266 e. The molecule has 33 heavy (non-hydrogen) atoms. The fourth-order valence-corrected chi connectivity index (χ4v) is 3.38. The minimum absolute atomic E-state index is 0.148. The number of hydrogen-bond acceptors (Lipinski definition) is 8. The van der Waals surface area contributed by atoms with Crippen molar-refractivity contribution >= 4 is 5.88 Å². The van der Waals surface area contributed by atoms with Gasteiger partial charge in [0.15, 0.2) is 17.3 Å². The molecular formula is C25H21N3O5. The summed E-state index contributed by atoms with van der Waals surface area (Å²) in [5.74, 6) is 3.71. The fraction of sp³-hybridized carbons (Fsp3) is 0.200. The summed E-state index contributed by atoms with van der Waals surface area (Å²) < 4.78 is 28.1. The van der Waals surface area contributed by atoms with Crippen LogP contribution >= 0.6 is 0 Å². The standard InChI is InChI=1S/C25H21N3O5/c1-15-3-5-18(9-16(15)2)29-13-19-6-8-22(32-19)25-28-20(11-26)24(33-25)27-12-17-4-7-21-23(10-17)31-14-30-21/h3-10,27H,12-14H2,1-2H3. The van der Waals surface area contributed by atoms with Crippen molar-refractivity contribution in [3.63, 3.8) is 0 Å². The highest BCUT2D eigenvalue weighted by molar-refractivity contribution is 5.55. The molecule has 1 aliphatic rings. The van der Waals surface area contributed by atoms with Crippen LogP contribution in [-0.2, 0) is 13.2 Å². The number of nitrogens with zero attached hydrogens (tertiary/aromatic N) is 2. The van der Waals surface area contributed by atoms with Crippen molar-refractivity contribution in [2.45, 2.75) is 27.0 Å². The second-order valence-electron chi connectivity index (χ2n) is 7.65. The highest BCUT2D eigenvalue weighted by Crippen LogP contribution is 2.33. The number of anilines is 1. The predicted molar refractivity (Wildman–Crippen MR) is 119 cm³/mol. The van der Waals surface area contributed by atoms with Gasteiger partial charge in [0, 0.05) is 6.54 Å². The highest BCUT2D eigenvalue weighted by Gasteiger charge is 2.18. The normalized spacial score (nSPS) is 11.9. The number of nitrogens with one attached hydrogen (secondary N) is 1. The molecule has 8 nitrogen and oxygen atoms in total. The maximum absolute atomic E-state index is 9.46. The minimum atomic E-state index is 0.148. The molecule has 0 unspecified atom stereocenters. The van der Waals surface area contributed by atoms with Gasteiger partial charge in [-0.1, -0.05) is 12.1 Å². The van der Waals surface area contributed by atoms with Crippen LogP contribution in [0.4, 0.5) is 5.88 Å². The molecule has 0 spiro atoms. The summed E-state index contributed by atoms with van der Waals surface area (Å²) in [6.07, 6.45) is 0. The van der Waals surface area contributed by atoms with Gasteiger partial charge in [0.05, 0.1) is 0 Å². The lowest BCUT2D eigenvalue weighted by molar-refractivity contribution is 0.174. The number of nitriles is 1. The topological polar surface area (TPSA) is 103 Å². The zero-order valence-electron chi connectivity index (χ0n) is 18.2. The Kier molecular flexibility index (Phi) is 5.37. The van der Waals surface area contributed by atoms with E-state index in [0.29, 0.717) is 29.6 Å². The summed E-state index contributed by atoms with van der Waals surface area (Å²) in [6, 6.07) is 17.2. The summed E-state index contributed by atoms with van der Waals surface area (Å²) >= 11 is 0. The Morgan fingerprint density at radius 1 is 1.00 bits per heavy atom. The molecule has 0 fully saturated rings. The molecule has 0 atom stereocenters. The lowest BCUT2D eigenvalue weighted by Gasteiger charge is -2.06. The van der Waals surface area contributed by atoms with E-state index < -0.39 is 0 Å². The first-order valence-electron chi connectivity index (χ1n) is 10.4. The Hall–Kier alpha value is -4.38. The average molecular weight is 443 g/mol. The highest BCUT2D eigenvalue weighted by atomic mass is 16.7. The van der Waals surface area contributed by atoms with Gasteiger partial charge in [-0.05, 0) is 66.9 Å². The first kappa shape index (κ1) is 20.5. The van der Waals surface area contributed by atoms with Crippen LogP contribution in [0.3, 0.4) is 0 Å². The molecule has 0 aliphatic carbocycles. The Balaban J connectivity index is 1.26. The summed E-state index contributed by atoms with van der Waals surface area (Å²) in [4.78, 5) is 4.25. The quantitative estimate of drug-likeness (QED) is 0.408. The number of rotatable bonds is 7. The Labute approximate surface area is 190 Å². The van der Waals surface area contributed by atoms with Crippen molar-refractivity contribution in [2.75, 3.05) is 12.1 Å². The molecular weight excluding hydrogens is 422 g/mol. The maximum atomic E-state index is 9.46. The van der Waals surface area contributed by atoms with Crippen molar-refractivity contribution in [3.8, 4) is 35.0 Å². The third-order valence-electron chi connectivity index (χ3n) is 5.36. The van der Waals surface area contributed by atoms with Crippen LogP contribution < -0.4 is 19.5 Å². The van der Waals surface area contributed by atoms with Gasteiger partial charge >= 0.3 is 0 Å². The molecule has 3 heterocycles. The lowest BCUT2D eigenvalue weighted by Crippen LogP contribution is -1.99. The van der Waals surface area contributed by atoms with Gasteiger partial charge in [-0.25, -0.2) is 0 Å². The summed E-state index contributed by atoms with van der Waals surface area (Å²) in [7, 11) is 0. The number of aryl methyl sites for hydroxylation is 2. The van der Waals surface area contributed by atoms with Crippen molar-refractivity contribution in [1.82, 2.24) is 4.98 Å². The van der Waals surface area contributed by atoms with E-state index in [9.17, 15) is 5.26 Å². The first-order valence-corrected chi connectivity index (χ1v) is 10.4. The Morgan fingerprint density at radius 2 is 1.88 bits per heavy atom. The monoisotopic (exact) mass is 443 g/mol. The number of furan rings is 1. The van der Waals surface area contributed by atoms with E-state index in [4.69, 9.17) is 23.0 Å². The molecule has 0 radical (unpaired) electrons. The molecule has 4 aromatic rings. The summed E-state index contributed by atoms with van der Waals surface area (Å²) in [6.45, 7) is 5.01. The Morgan fingerprint density at radius 3 is 2.73 bits per heavy atom. The first-order chi connectivity index (χ1) is 16.1. The van der Waals surface area contributed by atoms with Crippen LogP contribution in [0.15, 0.2) is 57.4 Å². The predicted octanol–water partition coefficient (Wildman–Crippen LogP) is 5.34. The third-order valence-corrected chi connectivity index (χ3v) is 5.36. The van der Waals surface area contributed by atoms with Gasteiger partial charge < -0.3 is 28.4 Å². The second-order valence-corrected chi connectivity index (χ2v) is 7.65. The van der Waals surface area contributed by atoms with Gasteiger partial charge in [-0.3, -0.25) is 0 Å². The van der Waals surface area contributed by atoms with Gasteiger partial charge in [-0.2, -0.15) is 10.2 Å². The van der Waals surface area contributed by atoms with Crippen LogP contribution in [0.25, 0.3) is 11.7 Å². The van der Waals surface area contributed by atoms with Gasteiger partial charge in [0.1, 0.15) is 24.2 Å². The molecule has 0 amide bonds. The third kappa shape index (κ3) is 4.34. The van der Waals surface area contributed by atoms with E-state index >= 15 is 0 Å². The molecule has 5 rings (SSSR count). The van der Waals surface area contributed by atoms with Crippen LogP contribution in [0.1, 0.15) is 28.1 Å². The molecule has 166 valence electrons. The van der Waals surface area contributed by atoms with E-state index in [1.54, 1.807) is 12.1 Å².